The van der Waals surface area contributed by atoms with Crippen LogP contribution in [-0.2, 0) is 9.53 Å². The predicted molar refractivity (Wildman–Crippen MR) is 73.5 cm³/mol. The molecule has 18 heavy (non-hydrogen) atoms. The van der Waals surface area contributed by atoms with Crippen LogP contribution in [0.5, 0.6) is 0 Å². The van der Waals surface area contributed by atoms with E-state index in [1.165, 1.54) is 20.0 Å². The number of likely N-dealkylation sites (tertiary alicyclic amines) is 1. The fourth-order valence-electron chi connectivity index (χ4n) is 2.63. The number of hydrogen-bond acceptors (Lipinski definition) is 4. The molecule has 0 aliphatic carbocycles. The number of nitrogens with one attached hydrogen (secondary N) is 1. The standard InChI is InChI=1S/C14H28N2O2/c1-14(2,13(17)18-4)7-9-16-8-5-6-12(11-16)10-15-3/h12,15H,5-11H2,1-4H3. The van der Waals surface area contributed by atoms with E-state index in [0.29, 0.717) is 0 Å². The molecule has 1 saturated heterocycles. The number of carbonyl (C=O) groups is 1. The quantitative estimate of drug-likeness (QED) is 0.731. The lowest BCUT2D eigenvalue weighted by Gasteiger charge is -2.34. The second-order valence-electron chi connectivity index (χ2n) is 5.99. The van der Waals surface area contributed by atoms with Crippen molar-refractivity contribution in [3.05, 3.63) is 0 Å². The van der Waals surface area contributed by atoms with Gasteiger partial charge in [0.2, 0.25) is 0 Å². The number of piperidine rings is 1. The van der Waals surface area contributed by atoms with Gasteiger partial charge in [-0.05, 0) is 65.7 Å². The largest absolute Gasteiger partial charge is 0.469 e. The van der Waals surface area contributed by atoms with Gasteiger partial charge in [-0.15, -0.1) is 0 Å². The van der Waals surface area contributed by atoms with E-state index in [1.807, 2.05) is 20.9 Å². The van der Waals surface area contributed by atoms with E-state index in [9.17, 15) is 4.79 Å². The maximum Gasteiger partial charge on any atom is 0.311 e. The molecule has 0 radical (unpaired) electrons. The Bertz CT molecular complexity index is 265. The maximum atomic E-state index is 11.6. The first-order valence-electron chi connectivity index (χ1n) is 6.95. The fourth-order valence-corrected chi connectivity index (χ4v) is 2.63. The first-order valence-corrected chi connectivity index (χ1v) is 6.95. The van der Waals surface area contributed by atoms with Gasteiger partial charge in [-0.25, -0.2) is 0 Å². The molecule has 0 aromatic rings. The number of esters is 1. The molecular weight excluding hydrogens is 228 g/mol. The summed E-state index contributed by atoms with van der Waals surface area (Å²) in [7, 11) is 3.48. The Morgan fingerprint density at radius 1 is 1.50 bits per heavy atom. The molecule has 1 atom stereocenters. The zero-order valence-electron chi connectivity index (χ0n) is 12.3. The van der Waals surface area contributed by atoms with E-state index in [-0.39, 0.29) is 11.4 Å². The highest BCUT2D eigenvalue weighted by molar-refractivity contribution is 5.75. The Morgan fingerprint density at radius 2 is 2.22 bits per heavy atom. The van der Waals surface area contributed by atoms with Crippen molar-refractivity contribution < 1.29 is 9.53 Å². The molecule has 106 valence electrons. The van der Waals surface area contributed by atoms with E-state index in [1.54, 1.807) is 0 Å². The van der Waals surface area contributed by atoms with E-state index in [0.717, 1.165) is 38.5 Å². The Kier molecular flexibility index (Phi) is 6.09. The summed E-state index contributed by atoms with van der Waals surface area (Å²) in [4.78, 5) is 14.1. The summed E-state index contributed by atoms with van der Waals surface area (Å²) in [6, 6.07) is 0. The SMILES string of the molecule is CNCC1CCCN(CCC(C)(C)C(=O)OC)C1. The van der Waals surface area contributed by atoms with E-state index < -0.39 is 0 Å². The average molecular weight is 256 g/mol. The maximum absolute atomic E-state index is 11.6. The third kappa shape index (κ3) is 4.58. The van der Waals surface area contributed by atoms with Gasteiger partial charge in [-0.2, -0.15) is 0 Å². The van der Waals surface area contributed by atoms with Crippen molar-refractivity contribution in [2.24, 2.45) is 11.3 Å². The van der Waals surface area contributed by atoms with Gasteiger partial charge in [0.15, 0.2) is 0 Å². The molecular formula is C14H28N2O2. The number of nitrogens with zero attached hydrogens (tertiary/aromatic N) is 1. The lowest BCUT2D eigenvalue weighted by Crippen LogP contribution is -2.41. The molecule has 0 aromatic heterocycles. The number of ether oxygens (including phenoxy) is 1. The smallest absolute Gasteiger partial charge is 0.311 e. The van der Waals surface area contributed by atoms with Crippen LogP contribution in [0.25, 0.3) is 0 Å². The van der Waals surface area contributed by atoms with Gasteiger partial charge < -0.3 is 15.0 Å². The van der Waals surface area contributed by atoms with Crippen LogP contribution in [0, 0.1) is 11.3 Å². The van der Waals surface area contributed by atoms with Crippen molar-refractivity contribution in [2.75, 3.05) is 40.3 Å². The molecule has 1 heterocycles. The third-order valence-electron chi connectivity index (χ3n) is 3.89. The molecule has 1 unspecified atom stereocenters. The topological polar surface area (TPSA) is 41.6 Å². The number of carbonyl (C=O) groups excluding carboxylic acids is 1. The summed E-state index contributed by atoms with van der Waals surface area (Å²) >= 11 is 0. The second-order valence-corrected chi connectivity index (χ2v) is 5.99. The normalized spacial score (nSPS) is 21.9. The monoisotopic (exact) mass is 256 g/mol. The van der Waals surface area contributed by atoms with E-state index in [4.69, 9.17) is 4.74 Å². The van der Waals surface area contributed by atoms with Gasteiger partial charge in [-0.3, -0.25) is 4.79 Å². The molecule has 4 heteroatoms. The third-order valence-corrected chi connectivity index (χ3v) is 3.89. The van der Waals surface area contributed by atoms with Crippen LogP contribution < -0.4 is 5.32 Å². The predicted octanol–water partition coefficient (Wildman–Crippen LogP) is 1.51. The molecule has 0 bridgehead atoms. The van der Waals surface area contributed by atoms with Crippen LogP contribution in [0.15, 0.2) is 0 Å². The van der Waals surface area contributed by atoms with E-state index in [2.05, 4.69) is 10.2 Å². The van der Waals surface area contributed by atoms with Gasteiger partial charge in [0.1, 0.15) is 0 Å². The minimum absolute atomic E-state index is 0.105. The van der Waals surface area contributed by atoms with Gasteiger partial charge in [0.05, 0.1) is 12.5 Å². The molecule has 1 fully saturated rings. The van der Waals surface area contributed by atoms with Crippen molar-refractivity contribution in [3.63, 3.8) is 0 Å². The van der Waals surface area contributed by atoms with Crippen LogP contribution in [-0.4, -0.2) is 51.2 Å². The Labute approximate surface area is 111 Å². The first kappa shape index (κ1) is 15.4. The molecule has 4 nitrogen and oxygen atoms in total. The van der Waals surface area contributed by atoms with Gasteiger partial charge in [0.25, 0.3) is 0 Å². The molecule has 1 aliphatic heterocycles. The Hall–Kier alpha value is -0.610. The van der Waals surface area contributed by atoms with Crippen molar-refractivity contribution >= 4 is 5.97 Å². The van der Waals surface area contributed by atoms with Gasteiger partial charge in [0, 0.05) is 6.54 Å². The molecule has 1 N–H and O–H groups in total. The molecule has 0 aromatic carbocycles. The van der Waals surface area contributed by atoms with E-state index >= 15 is 0 Å². The van der Waals surface area contributed by atoms with Crippen LogP contribution >= 0.6 is 0 Å². The minimum Gasteiger partial charge on any atom is -0.469 e. The second kappa shape index (κ2) is 7.10. The lowest BCUT2D eigenvalue weighted by molar-refractivity contribution is -0.151. The molecule has 0 spiro atoms. The lowest BCUT2D eigenvalue weighted by atomic mass is 9.88. The molecule has 0 saturated carbocycles. The summed E-state index contributed by atoms with van der Waals surface area (Å²) < 4.78 is 4.85. The summed E-state index contributed by atoms with van der Waals surface area (Å²) in [5.74, 6) is 0.649. The van der Waals surface area contributed by atoms with Gasteiger partial charge in [-0.1, -0.05) is 0 Å². The number of rotatable bonds is 6. The molecule has 0 amide bonds. The zero-order chi connectivity index (χ0) is 13.6. The molecule has 1 aliphatic rings. The first-order chi connectivity index (χ1) is 8.49. The van der Waals surface area contributed by atoms with Crippen molar-refractivity contribution in [1.29, 1.82) is 0 Å². The van der Waals surface area contributed by atoms with Crippen LogP contribution in [0.3, 0.4) is 0 Å². The minimum atomic E-state index is -0.370. The van der Waals surface area contributed by atoms with Crippen molar-refractivity contribution in [3.8, 4) is 0 Å². The van der Waals surface area contributed by atoms with Crippen LogP contribution in [0.1, 0.15) is 33.1 Å². The highest BCUT2D eigenvalue weighted by Gasteiger charge is 2.29. The summed E-state index contributed by atoms with van der Waals surface area (Å²) in [6.45, 7) is 8.33. The van der Waals surface area contributed by atoms with Crippen LogP contribution in [0.2, 0.25) is 0 Å². The zero-order valence-corrected chi connectivity index (χ0v) is 12.3. The van der Waals surface area contributed by atoms with Crippen molar-refractivity contribution in [1.82, 2.24) is 10.2 Å². The molecule has 1 rings (SSSR count). The summed E-state index contributed by atoms with van der Waals surface area (Å²) in [5, 5.41) is 3.26. The summed E-state index contributed by atoms with van der Waals surface area (Å²) in [5.41, 5.74) is -0.370. The highest BCUT2D eigenvalue weighted by Crippen LogP contribution is 2.24. The Balaban J connectivity index is 2.36. The number of methoxy groups -OCH3 is 1. The van der Waals surface area contributed by atoms with Gasteiger partial charge >= 0.3 is 5.97 Å². The number of hydrogen-bond donors (Lipinski definition) is 1. The van der Waals surface area contributed by atoms with Crippen LogP contribution in [0.4, 0.5) is 0 Å². The Morgan fingerprint density at radius 3 is 2.83 bits per heavy atom. The fraction of sp³-hybridized carbons (Fsp3) is 0.929. The average Bonchev–Trinajstić information content (AvgIpc) is 2.36. The van der Waals surface area contributed by atoms with Crippen molar-refractivity contribution in [2.45, 2.75) is 33.1 Å². The summed E-state index contributed by atoms with van der Waals surface area (Å²) in [6.07, 6.45) is 3.45. The highest BCUT2D eigenvalue weighted by atomic mass is 16.5.